The molecule has 9 nitrogen and oxygen atoms in total. The number of methoxy groups -OCH3 is 2. The zero-order valence-electron chi connectivity index (χ0n) is 22.2. The predicted octanol–water partition coefficient (Wildman–Crippen LogP) is 3.55. The van der Waals surface area contributed by atoms with E-state index in [9.17, 15) is 4.79 Å². The van der Waals surface area contributed by atoms with Gasteiger partial charge in [0, 0.05) is 26.2 Å². The van der Waals surface area contributed by atoms with Gasteiger partial charge in [-0.05, 0) is 67.8 Å². The molecular weight excluding hydrogens is 488 g/mol. The van der Waals surface area contributed by atoms with Crippen molar-refractivity contribution >= 4 is 17.8 Å². The van der Waals surface area contributed by atoms with Crippen LogP contribution in [-0.4, -0.2) is 78.3 Å². The second kappa shape index (κ2) is 14.4. The van der Waals surface area contributed by atoms with Gasteiger partial charge in [0.25, 0.3) is 0 Å². The van der Waals surface area contributed by atoms with Gasteiger partial charge in [0.2, 0.25) is 5.91 Å². The zero-order chi connectivity index (χ0) is 27.5. The second-order valence-corrected chi connectivity index (χ2v) is 9.83. The number of ether oxygens (including phenoxy) is 2. The summed E-state index contributed by atoms with van der Waals surface area (Å²) in [6, 6.07) is 16.8. The number of carboxylic acids is 2. The fourth-order valence-electron chi connectivity index (χ4n) is 5.20. The lowest BCUT2D eigenvalue weighted by Gasteiger charge is -2.38. The Morgan fingerprint density at radius 3 is 2.11 bits per heavy atom. The van der Waals surface area contributed by atoms with Crippen LogP contribution in [0.1, 0.15) is 36.8 Å². The summed E-state index contributed by atoms with van der Waals surface area (Å²) in [5.74, 6) is -0.972. The average molecular weight is 527 g/mol. The minimum Gasteiger partial charge on any atom is -0.493 e. The van der Waals surface area contributed by atoms with Crippen LogP contribution in [0.15, 0.2) is 48.5 Å². The number of likely N-dealkylation sites (tertiary alicyclic amines) is 2. The van der Waals surface area contributed by atoms with Gasteiger partial charge < -0.3 is 24.6 Å². The maximum atomic E-state index is 13.3. The number of carboxylic acid groups (broad SMARTS) is 2. The Kier molecular flexibility index (Phi) is 11.0. The van der Waals surface area contributed by atoms with Crippen molar-refractivity contribution in [2.75, 3.05) is 40.4 Å². The molecule has 0 radical (unpaired) electrons. The number of hydrogen-bond donors (Lipinski definition) is 2. The van der Waals surface area contributed by atoms with Crippen LogP contribution in [0.5, 0.6) is 11.5 Å². The van der Waals surface area contributed by atoms with E-state index in [-0.39, 0.29) is 5.92 Å². The second-order valence-electron chi connectivity index (χ2n) is 9.83. The SMILES string of the molecule is COc1ccc(CN2CCCC(C(=O)N3CCC(Cc4ccccc4)CC3)C2)cc1OC.O=C(O)C(=O)O. The summed E-state index contributed by atoms with van der Waals surface area (Å²) in [4.78, 5) is 36.0. The first-order chi connectivity index (χ1) is 18.3. The van der Waals surface area contributed by atoms with E-state index in [1.165, 1.54) is 11.1 Å². The summed E-state index contributed by atoms with van der Waals surface area (Å²) in [5, 5.41) is 14.8. The molecule has 2 aliphatic rings. The summed E-state index contributed by atoms with van der Waals surface area (Å²) in [6.07, 6.45) is 5.44. The van der Waals surface area contributed by atoms with E-state index in [0.717, 1.165) is 76.3 Å². The van der Waals surface area contributed by atoms with E-state index in [4.69, 9.17) is 29.3 Å². The minimum absolute atomic E-state index is 0.120. The Hall–Kier alpha value is -3.59. The summed E-state index contributed by atoms with van der Waals surface area (Å²) in [5.41, 5.74) is 2.60. The normalized spacial score (nSPS) is 18.2. The Balaban J connectivity index is 0.000000599. The van der Waals surface area contributed by atoms with Crippen molar-refractivity contribution < 1.29 is 34.1 Å². The van der Waals surface area contributed by atoms with Gasteiger partial charge in [-0.2, -0.15) is 0 Å². The van der Waals surface area contributed by atoms with E-state index >= 15 is 0 Å². The van der Waals surface area contributed by atoms with Crippen LogP contribution in [0.3, 0.4) is 0 Å². The van der Waals surface area contributed by atoms with Crippen molar-refractivity contribution in [1.29, 1.82) is 0 Å². The minimum atomic E-state index is -1.82. The van der Waals surface area contributed by atoms with E-state index < -0.39 is 11.9 Å². The number of nitrogens with zero attached hydrogens (tertiary/aromatic N) is 2. The van der Waals surface area contributed by atoms with E-state index in [0.29, 0.717) is 11.8 Å². The van der Waals surface area contributed by atoms with Crippen molar-refractivity contribution in [1.82, 2.24) is 9.80 Å². The first-order valence-corrected chi connectivity index (χ1v) is 13.0. The average Bonchev–Trinajstić information content (AvgIpc) is 2.94. The molecule has 0 aliphatic carbocycles. The van der Waals surface area contributed by atoms with Gasteiger partial charge >= 0.3 is 11.9 Å². The van der Waals surface area contributed by atoms with Gasteiger partial charge in [0.05, 0.1) is 20.1 Å². The maximum Gasteiger partial charge on any atom is 0.414 e. The van der Waals surface area contributed by atoms with Crippen LogP contribution in [-0.2, 0) is 27.3 Å². The van der Waals surface area contributed by atoms with Crippen molar-refractivity contribution in [2.45, 2.75) is 38.6 Å². The molecule has 1 atom stereocenters. The number of carbonyl (C=O) groups excluding carboxylic acids is 1. The van der Waals surface area contributed by atoms with Crippen LogP contribution >= 0.6 is 0 Å². The van der Waals surface area contributed by atoms with E-state index in [1.54, 1.807) is 14.2 Å². The molecule has 2 aliphatic heterocycles. The zero-order valence-corrected chi connectivity index (χ0v) is 22.2. The summed E-state index contributed by atoms with van der Waals surface area (Å²) in [7, 11) is 3.32. The molecule has 0 aromatic heterocycles. The lowest BCUT2D eigenvalue weighted by atomic mass is 9.89. The molecule has 2 aromatic carbocycles. The number of aliphatic carboxylic acids is 2. The third kappa shape index (κ3) is 8.48. The molecular formula is C29H38N2O7. The molecule has 4 rings (SSSR count). The Morgan fingerprint density at radius 2 is 1.50 bits per heavy atom. The molecule has 2 fully saturated rings. The maximum absolute atomic E-state index is 13.3. The highest BCUT2D eigenvalue weighted by molar-refractivity contribution is 6.27. The van der Waals surface area contributed by atoms with Crippen molar-refractivity contribution in [3.05, 3.63) is 59.7 Å². The standard InChI is InChI=1S/C27H36N2O3.C2H2O4/c1-31-25-11-10-23(18-26(25)32-2)19-28-14-6-9-24(20-28)27(30)29-15-12-22(13-16-29)17-21-7-4-3-5-8-21;3-1(4)2(5)6/h3-5,7-8,10-11,18,22,24H,6,9,12-17,19-20H2,1-2H3;(H,3,4)(H,5,6). The first-order valence-electron chi connectivity index (χ1n) is 13.0. The third-order valence-electron chi connectivity index (χ3n) is 7.19. The van der Waals surface area contributed by atoms with Crippen molar-refractivity contribution in [3.8, 4) is 11.5 Å². The molecule has 0 spiro atoms. The summed E-state index contributed by atoms with van der Waals surface area (Å²) in [6.45, 7) is 4.53. The van der Waals surface area contributed by atoms with Gasteiger partial charge in [0.1, 0.15) is 0 Å². The molecule has 1 amide bonds. The molecule has 2 N–H and O–H groups in total. The fourth-order valence-corrected chi connectivity index (χ4v) is 5.20. The number of amides is 1. The predicted molar refractivity (Wildman–Crippen MR) is 142 cm³/mol. The van der Waals surface area contributed by atoms with E-state index in [1.807, 2.05) is 12.1 Å². The monoisotopic (exact) mass is 526 g/mol. The van der Waals surface area contributed by atoms with Gasteiger partial charge in [-0.25, -0.2) is 9.59 Å². The number of rotatable bonds is 7. The highest BCUT2D eigenvalue weighted by Gasteiger charge is 2.31. The quantitative estimate of drug-likeness (QED) is 0.526. The first kappa shape index (κ1) is 29.0. The lowest BCUT2D eigenvalue weighted by molar-refractivity contribution is -0.159. The molecule has 0 bridgehead atoms. The number of carbonyl (C=O) groups is 3. The Morgan fingerprint density at radius 1 is 0.842 bits per heavy atom. The van der Waals surface area contributed by atoms with Crippen LogP contribution in [0.4, 0.5) is 0 Å². The smallest absolute Gasteiger partial charge is 0.414 e. The Labute approximate surface area is 224 Å². The van der Waals surface area contributed by atoms with Crippen LogP contribution < -0.4 is 9.47 Å². The number of benzene rings is 2. The molecule has 0 saturated carbocycles. The molecule has 2 aromatic rings. The summed E-state index contributed by atoms with van der Waals surface area (Å²) >= 11 is 0. The number of hydrogen-bond acceptors (Lipinski definition) is 6. The Bertz CT molecular complexity index is 1060. The largest absolute Gasteiger partial charge is 0.493 e. The molecule has 206 valence electrons. The summed E-state index contributed by atoms with van der Waals surface area (Å²) < 4.78 is 10.8. The van der Waals surface area contributed by atoms with E-state index in [2.05, 4.69) is 46.2 Å². The van der Waals surface area contributed by atoms with Gasteiger partial charge in [-0.15, -0.1) is 0 Å². The van der Waals surface area contributed by atoms with Crippen LogP contribution in [0.2, 0.25) is 0 Å². The topological polar surface area (TPSA) is 117 Å². The van der Waals surface area contributed by atoms with Gasteiger partial charge in [-0.1, -0.05) is 36.4 Å². The molecule has 1 unspecified atom stereocenters. The molecule has 9 heteroatoms. The van der Waals surface area contributed by atoms with Crippen molar-refractivity contribution in [2.24, 2.45) is 11.8 Å². The highest BCUT2D eigenvalue weighted by atomic mass is 16.5. The van der Waals surface area contributed by atoms with Gasteiger partial charge in [-0.3, -0.25) is 9.69 Å². The highest BCUT2D eigenvalue weighted by Crippen LogP contribution is 2.30. The molecule has 38 heavy (non-hydrogen) atoms. The fraction of sp³-hybridized carbons (Fsp3) is 0.483. The third-order valence-corrected chi connectivity index (χ3v) is 7.19. The van der Waals surface area contributed by atoms with Crippen LogP contribution in [0.25, 0.3) is 0 Å². The lowest BCUT2D eigenvalue weighted by Crippen LogP contribution is -2.47. The van der Waals surface area contributed by atoms with Crippen molar-refractivity contribution in [3.63, 3.8) is 0 Å². The van der Waals surface area contributed by atoms with Crippen LogP contribution in [0, 0.1) is 11.8 Å². The number of piperidine rings is 2. The van der Waals surface area contributed by atoms with Gasteiger partial charge in [0.15, 0.2) is 11.5 Å². The molecule has 2 heterocycles. The molecule has 2 saturated heterocycles.